The normalized spacial score (nSPS) is 27.0. The van der Waals surface area contributed by atoms with Crippen LogP contribution in [0.1, 0.15) is 18.4 Å². The number of benzene rings is 1. The predicted molar refractivity (Wildman–Crippen MR) is 116 cm³/mol. The molecule has 174 valence electrons. The van der Waals surface area contributed by atoms with Crippen molar-refractivity contribution in [2.24, 2.45) is 0 Å². The third-order valence-corrected chi connectivity index (χ3v) is 6.40. The van der Waals surface area contributed by atoms with Crippen LogP contribution >= 0.6 is 0 Å². The number of ether oxygens (including phenoxy) is 2. The van der Waals surface area contributed by atoms with Crippen LogP contribution in [-0.4, -0.2) is 103 Å². The fraction of sp³-hybridized carbons (Fsp3) is 0.565. The van der Waals surface area contributed by atoms with Crippen LogP contribution in [0.25, 0.3) is 0 Å². The number of fused-ring (bicyclic) bond motifs is 3. The second-order valence-corrected chi connectivity index (χ2v) is 8.35. The Hall–Kier alpha value is -2.46. The molecule has 9 nitrogen and oxygen atoms in total. The monoisotopic (exact) mass is 445 g/mol. The van der Waals surface area contributed by atoms with Crippen molar-refractivity contribution in [3.05, 3.63) is 41.5 Å². The molecule has 0 saturated carbocycles. The highest BCUT2D eigenvalue weighted by Gasteiger charge is 2.50. The number of rotatable bonds is 7. The highest BCUT2D eigenvalue weighted by Crippen LogP contribution is 2.47. The minimum atomic E-state index is -0.990. The van der Waals surface area contributed by atoms with E-state index in [9.17, 15) is 14.7 Å². The Morgan fingerprint density at radius 3 is 2.72 bits per heavy atom. The molecule has 3 N–H and O–H groups in total. The van der Waals surface area contributed by atoms with Crippen molar-refractivity contribution < 1.29 is 29.3 Å². The van der Waals surface area contributed by atoms with E-state index in [2.05, 4.69) is 10.2 Å². The Balaban J connectivity index is 1.62. The van der Waals surface area contributed by atoms with E-state index in [1.165, 1.54) is 6.92 Å². The topological polar surface area (TPSA) is 112 Å². The zero-order valence-electron chi connectivity index (χ0n) is 18.3. The van der Waals surface area contributed by atoms with Gasteiger partial charge in [-0.2, -0.15) is 0 Å². The summed E-state index contributed by atoms with van der Waals surface area (Å²) in [6, 6.07) is 6.73. The number of aliphatic hydroxyl groups is 2. The molecular formula is C23H31N3O6. The number of para-hydroxylation sites is 1. The first-order valence-electron chi connectivity index (χ1n) is 11.1. The Morgan fingerprint density at radius 1 is 1.25 bits per heavy atom. The minimum absolute atomic E-state index is 0.122. The van der Waals surface area contributed by atoms with Crippen LogP contribution in [0.3, 0.4) is 0 Å². The van der Waals surface area contributed by atoms with E-state index in [-0.39, 0.29) is 25.0 Å². The molecule has 0 bridgehead atoms. The maximum absolute atomic E-state index is 13.0. The SMILES string of the molecule is CC(=O)N(CCN1CCOCC1)C1C=C(C(=O)NCCO)C2c3ccccc3OC2C1O. The van der Waals surface area contributed by atoms with Gasteiger partial charge in [-0.3, -0.25) is 14.5 Å². The van der Waals surface area contributed by atoms with E-state index >= 15 is 0 Å². The molecule has 1 aliphatic carbocycles. The smallest absolute Gasteiger partial charge is 0.247 e. The predicted octanol–water partition coefficient (Wildman–Crippen LogP) is -0.510. The van der Waals surface area contributed by atoms with Gasteiger partial charge in [-0.05, 0) is 12.1 Å². The van der Waals surface area contributed by atoms with E-state index in [1.807, 2.05) is 24.3 Å². The average molecular weight is 446 g/mol. The molecule has 3 aliphatic rings. The molecule has 2 amide bonds. The fourth-order valence-electron chi connectivity index (χ4n) is 4.78. The summed E-state index contributed by atoms with van der Waals surface area (Å²) in [4.78, 5) is 29.4. The molecule has 1 aromatic carbocycles. The van der Waals surface area contributed by atoms with Gasteiger partial charge in [-0.15, -0.1) is 0 Å². The highest BCUT2D eigenvalue weighted by molar-refractivity contribution is 5.96. The van der Waals surface area contributed by atoms with Crippen LogP contribution in [0.2, 0.25) is 0 Å². The van der Waals surface area contributed by atoms with Crippen molar-refractivity contribution in [2.75, 3.05) is 52.5 Å². The standard InChI is InChI=1S/C23H31N3O6/c1-15(28)26(8-7-25-9-12-31-13-10-25)18-14-17(23(30)24-6-11-27)20-16-4-2-3-5-19(16)32-22(20)21(18)29/h2-5,14,18,20-22,27,29H,6-13H2,1H3,(H,24,30). The Bertz CT molecular complexity index is 869. The van der Waals surface area contributed by atoms with Crippen molar-refractivity contribution >= 4 is 11.8 Å². The third-order valence-electron chi connectivity index (χ3n) is 6.40. The van der Waals surface area contributed by atoms with Gasteiger partial charge in [0, 0.05) is 50.8 Å². The fourth-order valence-corrected chi connectivity index (χ4v) is 4.78. The number of hydrogen-bond acceptors (Lipinski definition) is 7. The largest absolute Gasteiger partial charge is 0.486 e. The van der Waals surface area contributed by atoms with Gasteiger partial charge in [0.2, 0.25) is 11.8 Å². The average Bonchev–Trinajstić information content (AvgIpc) is 3.19. The number of hydrogen-bond donors (Lipinski definition) is 3. The molecule has 1 saturated heterocycles. The van der Waals surface area contributed by atoms with Crippen LogP contribution in [0.15, 0.2) is 35.9 Å². The number of morpholine rings is 1. The lowest BCUT2D eigenvalue weighted by molar-refractivity contribution is -0.135. The first-order chi connectivity index (χ1) is 15.5. The van der Waals surface area contributed by atoms with Gasteiger partial charge in [0.1, 0.15) is 18.0 Å². The molecule has 2 heterocycles. The van der Waals surface area contributed by atoms with Crippen LogP contribution in [0.5, 0.6) is 5.75 Å². The molecule has 32 heavy (non-hydrogen) atoms. The molecule has 1 aromatic rings. The lowest BCUT2D eigenvalue weighted by Crippen LogP contribution is -2.56. The number of nitrogens with one attached hydrogen (secondary N) is 1. The van der Waals surface area contributed by atoms with Crippen molar-refractivity contribution in [1.82, 2.24) is 15.1 Å². The number of carbonyl (C=O) groups excluding carboxylic acids is 2. The van der Waals surface area contributed by atoms with Crippen molar-refractivity contribution in [3.63, 3.8) is 0 Å². The van der Waals surface area contributed by atoms with Gasteiger partial charge in [0.15, 0.2) is 0 Å². The number of carbonyl (C=O) groups is 2. The molecule has 0 radical (unpaired) electrons. The van der Waals surface area contributed by atoms with E-state index in [4.69, 9.17) is 14.6 Å². The van der Waals surface area contributed by atoms with Crippen LogP contribution < -0.4 is 10.1 Å². The first kappa shape index (κ1) is 22.7. The van der Waals surface area contributed by atoms with E-state index in [0.29, 0.717) is 37.6 Å². The minimum Gasteiger partial charge on any atom is -0.486 e. The van der Waals surface area contributed by atoms with Gasteiger partial charge >= 0.3 is 0 Å². The Morgan fingerprint density at radius 2 is 2.00 bits per heavy atom. The maximum Gasteiger partial charge on any atom is 0.247 e. The van der Waals surface area contributed by atoms with Gasteiger partial charge in [0.25, 0.3) is 0 Å². The lowest BCUT2D eigenvalue weighted by atomic mass is 9.77. The summed E-state index contributed by atoms with van der Waals surface area (Å²) < 4.78 is 11.5. The van der Waals surface area contributed by atoms with Gasteiger partial charge < -0.3 is 29.9 Å². The van der Waals surface area contributed by atoms with Crippen LogP contribution in [0, 0.1) is 0 Å². The van der Waals surface area contributed by atoms with E-state index < -0.39 is 24.2 Å². The van der Waals surface area contributed by atoms with E-state index in [1.54, 1.807) is 11.0 Å². The van der Waals surface area contributed by atoms with Crippen LogP contribution in [-0.2, 0) is 14.3 Å². The summed E-state index contributed by atoms with van der Waals surface area (Å²) in [5.74, 6) is -0.319. The summed E-state index contributed by atoms with van der Waals surface area (Å²) in [5, 5.41) is 23.1. The van der Waals surface area contributed by atoms with Crippen molar-refractivity contribution in [1.29, 1.82) is 0 Å². The molecule has 1 fully saturated rings. The van der Waals surface area contributed by atoms with E-state index in [0.717, 1.165) is 18.7 Å². The molecule has 4 unspecified atom stereocenters. The van der Waals surface area contributed by atoms with Gasteiger partial charge in [0.05, 0.1) is 31.8 Å². The third kappa shape index (κ3) is 4.52. The molecular weight excluding hydrogens is 414 g/mol. The summed E-state index contributed by atoms with van der Waals surface area (Å²) in [6.07, 6.45) is 0.0305. The second-order valence-electron chi connectivity index (χ2n) is 8.35. The molecule has 4 atom stereocenters. The Labute approximate surface area is 187 Å². The molecule has 0 spiro atoms. The summed E-state index contributed by atoms with van der Waals surface area (Å²) in [7, 11) is 0. The van der Waals surface area contributed by atoms with Gasteiger partial charge in [-0.1, -0.05) is 18.2 Å². The molecule has 9 heteroatoms. The second kappa shape index (κ2) is 9.99. The van der Waals surface area contributed by atoms with Gasteiger partial charge in [-0.25, -0.2) is 0 Å². The quantitative estimate of drug-likeness (QED) is 0.518. The van der Waals surface area contributed by atoms with Crippen LogP contribution in [0.4, 0.5) is 0 Å². The summed E-state index contributed by atoms with van der Waals surface area (Å²) in [5.41, 5.74) is 1.28. The summed E-state index contributed by atoms with van der Waals surface area (Å²) in [6.45, 7) is 5.42. The molecule has 0 aromatic heterocycles. The zero-order chi connectivity index (χ0) is 22.7. The first-order valence-corrected chi connectivity index (χ1v) is 11.1. The number of aliphatic hydroxyl groups excluding tert-OH is 2. The Kier molecular flexibility index (Phi) is 7.10. The van der Waals surface area contributed by atoms with Crippen molar-refractivity contribution in [2.45, 2.75) is 31.1 Å². The lowest BCUT2D eigenvalue weighted by Gasteiger charge is -2.41. The molecule has 4 rings (SSSR count). The maximum atomic E-state index is 13.0. The highest BCUT2D eigenvalue weighted by atomic mass is 16.5. The van der Waals surface area contributed by atoms with Crippen molar-refractivity contribution in [3.8, 4) is 5.75 Å². The number of amides is 2. The summed E-state index contributed by atoms with van der Waals surface area (Å²) >= 11 is 0. The molecule has 2 aliphatic heterocycles. The number of nitrogens with zero attached hydrogens (tertiary/aromatic N) is 2. The zero-order valence-corrected chi connectivity index (χ0v) is 18.3.